The molecule has 25 heavy (non-hydrogen) atoms. The van der Waals surface area contributed by atoms with Crippen LogP contribution in [0.5, 0.6) is 5.75 Å². The van der Waals surface area contributed by atoms with E-state index in [2.05, 4.69) is 5.01 Å². The first kappa shape index (κ1) is 15.3. The smallest absolute Gasteiger partial charge is 0.190 e. The van der Waals surface area contributed by atoms with Crippen LogP contribution in [0.3, 0.4) is 0 Å². The van der Waals surface area contributed by atoms with Crippen LogP contribution in [0.1, 0.15) is 55.9 Å². The molecule has 1 aromatic heterocycles. The van der Waals surface area contributed by atoms with Crippen molar-refractivity contribution < 1.29 is 9.15 Å². The fraction of sp³-hybridized carbons (Fsp3) is 0.450. The Morgan fingerprint density at radius 3 is 2.80 bits per heavy atom. The topological polar surface area (TPSA) is 38.0 Å². The van der Waals surface area contributed by atoms with E-state index in [4.69, 9.17) is 25.9 Å². The number of fused-ring (bicyclic) bond motifs is 3. The summed E-state index contributed by atoms with van der Waals surface area (Å²) in [7, 11) is 0. The van der Waals surface area contributed by atoms with Crippen molar-refractivity contribution in [1.29, 1.82) is 0 Å². The molecule has 130 valence electrons. The van der Waals surface area contributed by atoms with Crippen LogP contribution in [0.2, 0.25) is 5.02 Å². The summed E-state index contributed by atoms with van der Waals surface area (Å²) in [5.74, 6) is 2.33. The van der Waals surface area contributed by atoms with Crippen molar-refractivity contribution in [3.05, 3.63) is 52.9 Å². The summed E-state index contributed by atoms with van der Waals surface area (Å²) in [5.41, 5.74) is 2.12. The highest BCUT2D eigenvalue weighted by Gasteiger charge is 2.44. The molecule has 1 aromatic carbocycles. The van der Waals surface area contributed by atoms with E-state index in [9.17, 15) is 0 Å². The molecule has 2 aromatic rings. The molecule has 1 aliphatic carbocycles. The van der Waals surface area contributed by atoms with Crippen molar-refractivity contribution in [2.75, 3.05) is 0 Å². The Hall–Kier alpha value is -1.94. The highest BCUT2D eigenvalue weighted by Crippen LogP contribution is 2.47. The fourth-order valence-corrected chi connectivity index (χ4v) is 4.59. The molecule has 0 amide bonds. The maximum Gasteiger partial charge on any atom is 0.190 e. The van der Waals surface area contributed by atoms with Crippen LogP contribution in [-0.4, -0.2) is 16.9 Å². The number of furan rings is 1. The summed E-state index contributed by atoms with van der Waals surface area (Å²) in [6.45, 7) is 0. The molecule has 0 radical (unpaired) electrons. The average Bonchev–Trinajstić information content (AvgIpc) is 3.31. The summed E-state index contributed by atoms with van der Waals surface area (Å²) < 4.78 is 12.0. The molecule has 5 rings (SSSR count). The van der Waals surface area contributed by atoms with Gasteiger partial charge in [0.25, 0.3) is 0 Å². The van der Waals surface area contributed by atoms with Gasteiger partial charge in [-0.1, -0.05) is 30.9 Å². The van der Waals surface area contributed by atoms with Gasteiger partial charge in [-0.15, -0.1) is 0 Å². The minimum absolute atomic E-state index is 0.00596. The van der Waals surface area contributed by atoms with Crippen molar-refractivity contribution >= 4 is 17.3 Å². The minimum atomic E-state index is 0.00596. The second-order valence-electron chi connectivity index (χ2n) is 7.21. The predicted molar refractivity (Wildman–Crippen MR) is 96.9 cm³/mol. The van der Waals surface area contributed by atoms with Gasteiger partial charge in [-0.2, -0.15) is 5.10 Å². The zero-order valence-corrected chi connectivity index (χ0v) is 14.8. The van der Waals surface area contributed by atoms with Gasteiger partial charge < -0.3 is 9.15 Å². The third-order valence-corrected chi connectivity index (χ3v) is 5.88. The Morgan fingerprint density at radius 1 is 1.12 bits per heavy atom. The van der Waals surface area contributed by atoms with Gasteiger partial charge in [-0.25, -0.2) is 5.01 Å². The van der Waals surface area contributed by atoms with Crippen molar-refractivity contribution in [3.8, 4) is 5.75 Å². The third-order valence-electron chi connectivity index (χ3n) is 5.64. The van der Waals surface area contributed by atoms with E-state index in [1.54, 1.807) is 6.26 Å². The van der Waals surface area contributed by atoms with Crippen LogP contribution in [-0.2, 0) is 0 Å². The lowest BCUT2D eigenvalue weighted by molar-refractivity contribution is -0.0643. The van der Waals surface area contributed by atoms with Gasteiger partial charge >= 0.3 is 0 Å². The first-order chi connectivity index (χ1) is 12.3. The molecule has 0 bridgehead atoms. The van der Waals surface area contributed by atoms with Crippen molar-refractivity contribution in [1.82, 2.24) is 5.01 Å². The number of hydrogen-bond acceptors (Lipinski definition) is 4. The Labute approximate surface area is 152 Å². The molecule has 0 N–H and O–H groups in total. The highest BCUT2D eigenvalue weighted by molar-refractivity contribution is 6.30. The second-order valence-corrected chi connectivity index (χ2v) is 7.65. The number of ether oxygens (including phenoxy) is 1. The number of rotatable bonds is 2. The summed E-state index contributed by atoms with van der Waals surface area (Å²) in [6.07, 6.45) is 8.86. The fourth-order valence-electron chi connectivity index (χ4n) is 4.41. The first-order valence-electron chi connectivity index (χ1n) is 9.15. The van der Waals surface area contributed by atoms with E-state index in [0.29, 0.717) is 5.92 Å². The Bertz CT molecular complexity index is 796. The van der Waals surface area contributed by atoms with Crippen LogP contribution >= 0.6 is 11.6 Å². The number of hydrazone groups is 1. The zero-order valence-electron chi connectivity index (χ0n) is 14.0. The first-order valence-corrected chi connectivity index (χ1v) is 9.53. The number of halogens is 1. The molecule has 4 nitrogen and oxygen atoms in total. The van der Waals surface area contributed by atoms with E-state index >= 15 is 0 Å². The maximum absolute atomic E-state index is 6.44. The molecule has 3 aliphatic rings. The lowest BCUT2D eigenvalue weighted by atomic mass is 9.86. The van der Waals surface area contributed by atoms with Gasteiger partial charge in [0, 0.05) is 22.9 Å². The molecule has 2 atom stereocenters. The molecule has 1 saturated carbocycles. The molecule has 3 heterocycles. The standard InChI is InChI=1S/C20H21ClN2O2/c21-14-8-9-18-15(11-14)17-12-16(19-7-4-10-24-19)22-23(17)20(25-18)13-5-2-1-3-6-13/h4,7-11,13,17,20H,1-3,5-6,12H2/t17-,20+/m0/s1. The van der Waals surface area contributed by atoms with Crippen LogP contribution in [0.25, 0.3) is 0 Å². The SMILES string of the molecule is Clc1ccc2c(c1)[C@@H]1CC(c3ccco3)=NN1[C@@H](C1CCCCC1)O2. The molecule has 1 fully saturated rings. The highest BCUT2D eigenvalue weighted by atomic mass is 35.5. The van der Waals surface area contributed by atoms with E-state index < -0.39 is 0 Å². The van der Waals surface area contributed by atoms with E-state index in [1.807, 2.05) is 30.3 Å². The Morgan fingerprint density at radius 2 is 2.00 bits per heavy atom. The Balaban J connectivity index is 1.55. The molecule has 0 spiro atoms. The van der Waals surface area contributed by atoms with E-state index in [1.165, 1.54) is 32.1 Å². The summed E-state index contributed by atoms with van der Waals surface area (Å²) in [6, 6.07) is 10.0. The van der Waals surface area contributed by atoms with Gasteiger partial charge in [0.1, 0.15) is 17.2 Å². The predicted octanol–water partition coefficient (Wildman–Crippen LogP) is 5.38. The van der Waals surface area contributed by atoms with Crippen molar-refractivity contribution in [2.24, 2.45) is 11.0 Å². The van der Waals surface area contributed by atoms with Gasteiger partial charge in [0.05, 0.1) is 12.3 Å². The van der Waals surface area contributed by atoms with E-state index in [0.717, 1.165) is 34.2 Å². The van der Waals surface area contributed by atoms with Gasteiger partial charge in [0.2, 0.25) is 0 Å². The van der Waals surface area contributed by atoms with Gasteiger partial charge in [-0.05, 0) is 43.2 Å². The minimum Gasteiger partial charge on any atom is -0.468 e. The zero-order chi connectivity index (χ0) is 16.8. The maximum atomic E-state index is 6.44. The summed E-state index contributed by atoms with van der Waals surface area (Å²) >= 11 is 6.26. The van der Waals surface area contributed by atoms with Crippen molar-refractivity contribution in [3.63, 3.8) is 0 Å². The van der Waals surface area contributed by atoms with Gasteiger partial charge in [-0.3, -0.25) is 0 Å². The molecule has 0 saturated heterocycles. The van der Waals surface area contributed by atoms with Crippen LogP contribution in [0.15, 0.2) is 46.1 Å². The molecule has 0 unspecified atom stereocenters. The number of hydrogen-bond donors (Lipinski definition) is 0. The lowest BCUT2D eigenvalue weighted by Gasteiger charge is -2.42. The lowest BCUT2D eigenvalue weighted by Crippen LogP contribution is -2.45. The number of nitrogens with zero attached hydrogens (tertiary/aromatic N) is 2. The molecule has 5 heteroatoms. The Kier molecular flexibility index (Phi) is 3.74. The normalized spacial score (nSPS) is 26.0. The monoisotopic (exact) mass is 356 g/mol. The number of benzene rings is 1. The van der Waals surface area contributed by atoms with E-state index in [-0.39, 0.29) is 12.3 Å². The van der Waals surface area contributed by atoms with Gasteiger partial charge in [0.15, 0.2) is 6.23 Å². The summed E-state index contributed by atoms with van der Waals surface area (Å²) in [4.78, 5) is 0. The quantitative estimate of drug-likeness (QED) is 0.724. The molecular weight excluding hydrogens is 336 g/mol. The molecular formula is C20H21ClN2O2. The van der Waals surface area contributed by atoms with Crippen molar-refractivity contribution in [2.45, 2.75) is 50.8 Å². The largest absolute Gasteiger partial charge is 0.468 e. The van der Waals surface area contributed by atoms with Crippen LogP contribution in [0.4, 0.5) is 0 Å². The average molecular weight is 357 g/mol. The third kappa shape index (κ3) is 2.63. The second kappa shape index (κ2) is 6.10. The van der Waals surface area contributed by atoms with Crippen LogP contribution in [0, 0.1) is 5.92 Å². The van der Waals surface area contributed by atoms with Crippen LogP contribution < -0.4 is 4.74 Å². The summed E-state index contributed by atoms with van der Waals surface area (Å²) in [5, 5.41) is 7.84. The molecule has 2 aliphatic heterocycles.